The highest BCUT2D eigenvalue weighted by molar-refractivity contribution is 7.49. The van der Waals surface area contributed by atoms with Crippen LogP contribution in [-0.4, -0.2) is 48.9 Å². The normalized spacial score (nSPS) is 17.3. The largest absolute Gasteiger partial charge is 0.497 e. The summed E-state index contributed by atoms with van der Waals surface area (Å²) in [5.74, 6) is 2.41. The molecule has 0 aromatic heterocycles. The first-order chi connectivity index (χ1) is 32.0. The molecule has 0 bridgehead atoms. The van der Waals surface area contributed by atoms with Crippen molar-refractivity contribution >= 4 is 39.6 Å². The van der Waals surface area contributed by atoms with Gasteiger partial charge in [0.05, 0.1) is 19.8 Å². The van der Waals surface area contributed by atoms with Gasteiger partial charge in [-0.25, -0.2) is 0 Å². The van der Waals surface area contributed by atoms with Crippen LogP contribution in [-0.2, 0) is 13.8 Å². The van der Waals surface area contributed by atoms with Crippen molar-refractivity contribution in [2.24, 2.45) is 0 Å². The highest BCUT2D eigenvalue weighted by Gasteiger charge is 2.40. The number of para-hydroxylation sites is 1. The number of anilines is 1. The molecular weight excluding hydrogens is 867 g/mol. The first kappa shape index (κ1) is 50.6. The number of nitrogens with zero attached hydrogens (tertiary/aromatic N) is 2. The van der Waals surface area contributed by atoms with Crippen LogP contribution in [0.15, 0.2) is 212 Å². The Balaban J connectivity index is 1.77. The van der Waals surface area contributed by atoms with Crippen molar-refractivity contribution in [1.29, 1.82) is 0 Å². The van der Waals surface area contributed by atoms with Crippen molar-refractivity contribution in [3.05, 3.63) is 223 Å². The number of aliphatic hydroxyl groups is 2. The summed E-state index contributed by atoms with van der Waals surface area (Å²) in [4.78, 5) is 0. The molecule has 5 rings (SSSR count). The molecule has 0 radical (unpaired) electrons. The van der Waals surface area contributed by atoms with Gasteiger partial charge in [0.1, 0.15) is 28.8 Å². The van der Waals surface area contributed by atoms with Crippen LogP contribution in [0.4, 0.5) is 5.69 Å². The van der Waals surface area contributed by atoms with E-state index in [0.29, 0.717) is 57.8 Å². The Bertz CT molecular complexity index is 2570. The summed E-state index contributed by atoms with van der Waals surface area (Å²) in [5, 5.41) is 24.7. The summed E-state index contributed by atoms with van der Waals surface area (Å²) in [6.45, 7) is 19.9. The summed E-state index contributed by atoms with van der Waals surface area (Å²) < 4.78 is 41.9. The number of benzene rings is 4. The van der Waals surface area contributed by atoms with E-state index in [9.17, 15) is 10.2 Å². The van der Waals surface area contributed by atoms with Crippen molar-refractivity contribution < 1.29 is 37.8 Å². The van der Waals surface area contributed by atoms with E-state index < -0.39 is 29.4 Å². The number of methoxy groups -OCH3 is 2. The van der Waals surface area contributed by atoms with E-state index in [4.69, 9.17) is 27.6 Å². The van der Waals surface area contributed by atoms with E-state index in [-0.39, 0.29) is 0 Å². The zero-order valence-electron chi connectivity index (χ0n) is 38.7. The third-order valence-corrected chi connectivity index (χ3v) is 13.1. The summed E-state index contributed by atoms with van der Waals surface area (Å²) in [7, 11) is 1.01. The molecule has 4 unspecified atom stereocenters. The van der Waals surface area contributed by atoms with E-state index in [1.807, 2.05) is 166 Å². The van der Waals surface area contributed by atoms with Crippen molar-refractivity contribution in [1.82, 2.24) is 4.67 Å². The predicted molar refractivity (Wildman–Crippen MR) is 274 cm³/mol. The minimum atomic E-state index is -2.06. The molecule has 66 heavy (non-hydrogen) atoms. The zero-order chi connectivity index (χ0) is 47.6. The molecule has 10 nitrogen and oxygen atoms in total. The molecule has 4 aromatic rings. The molecule has 0 spiro atoms. The molecule has 2 N–H and O–H groups in total. The second-order valence-electron chi connectivity index (χ2n) is 14.6. The molecule has 0 fully saturated rings. The number of allylic oxidation sites excluding steroid dienone is 12. The maximum absolute atomic E-state index is 12.0. The molecule has 344 valence electrons. The monoisotopic (exact) mass is 926 g/mol. The fraction of sp³-hybridized carbons (Fsp3) is 0.185. The highest BCUT2D eigenvalue weighted by Crippen LogP contribution is 2.57. The summed E-state index contributed by atoms with van der Waals surface area (Å²) >= 11 is 0. The van der Waals surface area contributed by atoms with Crippen molar-refractivity contribution in [2.45, 2.75) is 40.0 Å². The lowest BCUT2D eigenvalue weighted by molar-refractivity contribution is 0.0665. The lowest BCUT2D eigenvalue weighted by atomic mass is 10.0. The van der Waals surface area contributed by atoms with Crippen molar-refractivity contribution in [3.63, 3.8) is 0 Å². The van der Waals surface area contributed by atoms with Gasteiger partial charge in [0, 0.05) is 42.2 Å². The van der Waals surface area contributed by atoms with E-state index >= 15 is 0 Å². The molecule has 0 saturated carbocycles. The number of ether oxygens (including phenoxy) is 2. The summed E-state index contributed by atoms with van der Waals surface area (Å²) in [6.07, 6.45) is 21.9. The number of hydrogen-bond acceptors (Lipinski definition) is 10. The van der Waals surface area contributed by atoms with Gasteiger partial charge in [-0.2, -0.15) is 0 Å². The topological polar surface area (TPSA) is 102 Å². The fourth-order valence-electron chi connectivity index (χ4n) is 6.66. The van der Waals surface area contributed by atoms with Crippen LogP contribution < -0.4 is 18.5 Å². The van der Waals surface area contributed by atoms with E-state index in [2.05, 4.69) is 19.7 Å². The lowest BCUT2D eigenvalue weighted by Gasteiger charge is -2.39. The molecule has 1 heterocycles. The quantitative estimate of drug-likeness (QED) is 0.0450. The van der Waals surface area contributed by atoms with E-state index in [1.165, 1.54) is 0 Å². The van der Waals surface area contributed by atoms with Crippen LogP contribution in [0, 0.1) is 0 Å². The SMILES string of the molecule is C=C/C=C(\C=C/COC)N1C(O)c2ccccc2OP1Oc1ccc2ccccc2c1/C=C(/C=C\C(\C=C/C)=C(/C)C=C)OP(O/C(C=C)=C(/C=C\C)C(C)O)N(C)c1ccc(OC)cc1. The van der Waals surface area contributed by atoms with Gasteiger partial charge in [-0.05, 0) is 116 Å². The van der Waals surface area contributed by atoms with Gasteiger partial charge in [0.2, 0.25) is 0 Å². The fourth-order valence-corrected chi connectivity index (χ4v) is 9.41. The van der Waals surface area contributed by atoms with Gasteiger partial charge in [-0.1, -0.05) is 117 Å². The number of aliphatic hydroxyl groups excluding tert-OH is 2. The Kier molecular flexibility index (Phi) is 19.4. The average molecular weight is 927 g/mol. The van der Waals surface area contributed by atoms with Crippen LogP contribution in [0.1, 0.15) is 45.0 Å². The van der Waals surface area contributed by atoms with Gasteiger partial charge in [-0.3, -0.25) is 9.34 Å². The Hall–Kier alpha value is -6.38. The summed E-state index contributed by atoms with van der Waals surface area (Å²) in [6, 6.07) is 26.8. The first-order valence-corrected chi connectivity index (χ1v) is 23.6. The second kappa shape index (κ2) is 25.4. The molecule has 4 atom stereocenters. The Morgan fingerprint density at radius 2 is 1.62 bits per heavy atom. The van der Waals surface area contributed by atoms with Gasteiger partial charge >= 0.3 is 17.1 Å². The van der Waals surface area contributed by atoms with Gasteiger partial charge in [0.15, 0.2) is 6.23 Å². The Morgan fingerprint density at radius 3 is 2.29 bits per heavy atom. The van der Waals surface area contributed by atoms with Gasteiger partial charge in [-0.15, -0.1) is 0 Å². The molecule has 4 aromatic carbocycles. The van der Waals surface area contributed by atoms with Crippen molar-refractivity contribution in [3.8, 4) is 17.2 Å². The highest BCUT2D eigenvalue weighted by atomic mass is 31.2. The minimum Gasteiger partial charge on any atom is -0.497 e. The molecule has 1 aliphatic heterocycles. The summed E-state index contributed by atoms with van der Waals surface area (Å²) in [5.41, 5.74) is 5.04. The predicted octanol–water partition coefficient (Wildman–Crippen LogP) is 13.9. The third kappa shape index (κ3) is 12.9. The maximum atomic E-state index is 12.0. The second-order valence-corrected chi connectivity index (χ2v) is 17.3. The minimum absolute atomic E-state index is 0.349. The molecule has 1 aliphatic rings. The lowest BCUT2D eigenvalue weighted by Crippen LogP contribution is -2.30. The van der Waals surface area contributed by atoms with Crippen molar-refractivity contribution in [2.75, 3.05) is 32.5 Å². The molecular formula is C54H60N2O8P2. The Morgan fingerprint density at radius 1 is 0.894 bits per heavy atom. The average Bonchev–Trinajstić information content (AvgIpc) is 3.33. The van der Waals surface area contributed by atoms with Crippen LogP contribution in [0.5, 0.6) is 17.2 Å². The standard InChI is InChI=1S/C54H60N2O8P2/c1-11-21-41(39(6)14-4)29-33-46(61-65(55(8)43-31-34-45(60-10)35-32-43)62-51(15-5)47(23-13-3)40(7)57)38-50-48-26-17-16-24-42(48)30-36-53(50)64-66-56(44(22-12-2)25-20-37-59-9)54(58)49-27-18-19-28-52(49)63-66/h11-36,38,40,54,57-58H,2,4-5,37H2,1,3,6-10H3/b21-11-,23-13-,25-20-,33-29-,41-39+,44-22+,46-38-,51-47-. The molecule has 0 aliphatic carbocycles. The smallest absolute Gasteiger partial charge is 0.419 e. The molecule has 0 amide bonds. The van der Waals surface area contributed by atoms with Crippen LogP contribution >= 0.6 is 17.1 Å². The molecule has 12 heteroatoms. The van der Waals surface area contributed by atoms with Gasteiger partial charge < -0.3 is 37.8 Å². The molecule has 0 saturated heterocycles. The maximum Gasteiger partial charge on any atom is 0.419 e. The van der Waals surface area contributed by atoms with Crippen LogP contribution in [0.25, 0.3) is 16.8 Å². The zero-order valence-corrected chi connectivity index (χ0v) is 40.5. The third-order valence-electron chi connectivity index (χ3n) is 10.1. The number of rotatable bonds is 22. The number of hydrogen-bond donors (Lipinski definition) is 2. The van der Waals surface area contributed by atoms with E-state index in [1.54, 1.807) is 56.2 Å². The first-order valence-electron chi connectivity index (χ1n) is 21.3. The van der Waals surface area contributed by atoms with Gasteiger partial charge in [0.25, 0.3) is 0 Å². The van der Waals surface area contributed by atoms with Crippen LogP contribution in [0.3, 0.4) is 0 Å². The van der Waals surface area contributed by atoms with Crippen LogP contribution in [0.2, 0.25) is 0 Å². The van der Waals surface area contributed by atoms with E-state index in [0.717, 1.165) is 27.6 Å². The Labute approximate surface area is 393 Å². The number of fused-ring (bicyclic) bond motifs is 2.